The third-order valence-corrected chi connectivity index (χ3v) is 5.70. The highest BCUT2D eigenvalue weighted by Gasteiger charge is 2.31. The maximum absolute atomic E-state index is 13.4. The molecule has 0 saturated heterocycles. The Morgan fingerprint density at radius 2 is 1.73 bits per heavy atom. The van der Waals surface area contributed by atoms with Crippen molar-refractivity contribution in [2.45, 2.75) is 19.1 Å². The molecule has 192 valence electrons. The van der Waals surface area contributed by atoms with Crippen molar-refractivity contribution in [3.8, 4) is 22.5 Å². The van der Waals surface area contributed by atoms with Crippen molar-refractivity contribution in [3.63, 3.8) is 0 Å². The van der Waals surface area contributed by atoms with Gasteiger partial charge < -0.3 is 15.5 Å². The molecule has 2 heterocycles. The number of aromatic nitrogens is 4. The Kier molecular flexibility index (Phi) is 7.98. The van der Waals surface area contributed by atoms with Crippen LogP contribution in [0.4, 0.5) is 24.9 Å². The SMILES string of the molecule is C[C@H](Nc1nccc(-c2cc(NCCN(C)C)nnc2-c2cccc(C(F)(F)F)c2)n1)c1ccccc1. The maximum Gasteiger partial charge on any atom is 0.416 e. The molecule has 4 rings (SSSR count). The first-order chi connectivity index (χ1) is 17.7. The second-order valence-electron chi connectivity index (χ2n) is 8.84. The predicted molar refractivity (Wildman–Crippen MR) is 139 cm³/mol. The molecule has 2 aromatic carbocycles. The van der Waals surface area contributed by atoms with E-state index < -0.39 is 11.7 Å². The van der Waals surface area contributed by atoms with E-state index in [1.807, 2.05) is 56.3 Å². The van der Waals surface area contributed by atoms with E-state index in [0.717, 1.165) is 24.2 Å². The largest absolute Gasteiger partial charge is 0.416 e. The van der Waals surface area contributed by atoms with Crippen LogP contribution in [0.3, 0.4) is 0 Å². The van der Waals surface area contributed by atoms with Crippen molar-refractivity contribution >= 4 is 11.8 Å². The summed E-state index contributed by atoms with van der Waals surface area (Å²) >= 11 is 0. The molecule has 10 heteroatoms. The number of likely N-dealkylation sites (N-methyl/N-ethyl adjacent to an activating group) is 1. The molecule has 0 fully saturated rings. The molecule has 0 bridgehead atoms. The molecule has 7 nitrogen and oxygen atoms in total. The van der Waals surface area contributed by atoms with Gasteiger partial charge in [0, 0.05) is 30.4 Å². The molecule has 0 aliphatic rings. The van der Waals surface area contributed by atoms with Gasteiger partial charge in [-0.05, 0) is 50.8 Å². The maximum atomic E-state index is 13.4. The van der Waals surface area contributed by atoms with E-state index in [1.165, 1.54) is 6.07 Å². The summed E-state index contributed by atoms with van der Waals surface area (Å²) in [4.78, 5) is 11.0. The fourth-order valence-corrected chi connectivity index (χ4v) is 3.73. The summed E-state index contributed by atoms with van der Waals surface area (Å²) in [6.07, 6.45) is -2.87. The van der Waals surface area contributed by atoms with Crippen molar-refractivity contribution in [2.24, 2.45) is 0 Å². The van der Waals surface area contributed by atoms with Crippen LogP contribution < -0.4 is 10.6 Å². The third kappa shape index (κ3) is 6.79. The summed E-state index contributed by atoms with van der Waals surface area (Å²) in [5, 5.41) is 15.0. The Labute approximate surface area is 213 Å². The highest BCUT2D eigenvalue weighted by atomic mass is 19.4. The van der Waals surface area contributed by atoms with Gasteiger partial charge in [0.2, 0.25) is 5.95 Å². The Morgan fingerprint density at radius 3 is 2.46 bits per heavy atom. The van der Waals surface area contributed by atoms with Gasteiger partial charge in [-0.3, -0.25) is 0 Å². The van der Waals surface area contributed by atoms with E-state index in [-0.39, 0.29) is 6.04 Å². The number of anilines is 2. The minimum absolute atomic E-state index is 0.0572. The Balaban J connectivity index is 1.72. The van der Waals surface area contributed by atoms with E-state index in [1.54, 1.807) is 24.4 Å². The average molecular weight is 508 g/mol. The van der Waals surface area contributed by atoms with Gasteiger partial charge in [-0.1, -0.05) is 42.5 Å². The fourth-order valence-electron chi connectivity index (χ4n) is 3.73. The minimum Gasteiger partial charge on any atom is -0.367 e. The Hall–Kier alpha value is -4.05. The van der Waals surface area contributed by atoms with Crippen LogP contribution in [0.1, 0.15) is 24.1 Å². The molecule has 2 N–H and O–H groups in total. The molecule has 0 aliphatic heterocycles. The average Bonchev–Trinajstić information content (AvgIpc) is 2.89. The van der Waals surface area contributed by atoms with Crippen LogP contribution in [0, 0.1) is 0 Å². The fraction of sp³-hybridized carbons (Fsp3) is 0.259. The zero-order valence-electron chi connectivity index (χ0n) is 20.8. The van der Waals surface area contributed by atoms with Crippen molar-refractivity contribution < 1.29 is 13.2 Å². The first kappa shape index (κ1) is 26.0. The second-order valence-corrected chi connectivity index (χ2v) is 8.84. The Bertz CT molecular complexity index is 1330. The number of halogens is 3. The van der Waals surface area contributed by atoms with Gasteiger partial charge in [-0.2, -0.15) is 13.2 Å². The van der Waals surface area contributed by atoms with Crippen LogP contribution in [0.25, 0.3) is 22.5 Å². The summed E-state index contributed by atoms with van der Waals surface area (Å²) in [6.45, 7) is 3.39. The number of rotatable bonds is 9. The molecular weight excluding hydrogens is 479 g/mol. The highest BCUT2D eigenvalue weighted by molar-refractivity contribution is 5.80. The number of benzene rings is 2. The molecule has 0 amide bonds. The molecule has 0 aliphatic carbocycles. The molecule has 37 heavy (non-hydrogen) atoms. The van der Waals surface area contributed by atoms with Gasteiger partial charge in [0.1, 0.15) is 11.5 Å². The molecule has 2 aromatic heterocycles. The van der Waals surface area contributed by atoms with Crippen LogP contribution >= 0.6 is 0 Å². The molecule has 0 spiro atoms. The lowest BCUT2D eigenvalue weighted by Crippen LogP contribution is -2.21. The van der Waals surface area contributed by atoms with Gasteiger partial charge in [-0.15, -0.1) is 10.2 Å². The molecule has 4 aromatic rings. The van der Waals surface area contributed by atoms with Crippen molar-refractivity contribution in [3.05, 3.63) is 84.1 Å². The van der Waals surface area contributed by atoms with E-state index in [9.17, 15) is 13.2 Å². The Morgan fingerprint density at radius 1 is 0.946 bits per heavy atom. The minimum atomic E-state index is -4.48. The van der Waals surface area contributed by atoms with Gasteiger partial charge in [-0.25, -0.2) is 9.97 Å². The predicted octanol–water partition coefficient (Wildman–Crippen LogP) is 5.77. The third-order valence-electron chi connectivity index (χ3n) is 5.70. The molecule has 1 atom stereocenters. The van der Waals surface area contributed by atoms with Crippen LogP contribution in [0.5, 0.6) is 0 Å². The lowest BCUT2D eigenvalue weighted by Gasteiger charge is -2.16. The first-order valence-electron chi connectivity index (χ1n) is 11.8. The van der Waals surface area contributed by atoms with Crippen LogP contribution in [-0.2, 0) is 6.18 Å². The standard InChI is InChI=1S/C27H28F3N7/c1-18(19-8-5-4-6-9-19)33-26-32-13-12-23(34-26)22-17-24(31-14-15-37(2)3)35-36-25(22)20-10-7-11-21(16-20)27(28,29)30/h4-13,16-18H,14-15H2,1-3H3,(H,31,35)(H,32,33,34)/t18-/m0/s1. The smallest absolute Gasteiger partial charge is 0.367 e. The quantitative estimate of drug-likeness (QED) is 0.298. The van der Waals surface area contributed by atoms with Gasteiger partial charge in [0.15, 0.2) is 0 Å². The van der Waals surface area contributed by atoms with Crippen molar-refractivity contribution in [2.75, 3.05) is 37.8 Å². The van der Waals surface area contributed by atoms with Crippen LogP contribution in [-0.4, -0.2) is 52.3 Å². The summed E-state index contributed by atoms with van der Waals surface area (Å²) in [6, 6.07) is 18.3. The number of hydrogen-bond acceptors (Lipinski definition) is 7. The summed E-state index contributed by atoms with van der Waals surface area (Å²) in [7, 11) is 3.92. The lowest BCUT2D eigenvalue weighted by molar-refractivity contribution is -0.137. The zero-order valence-corrected chi connectivity index (χ0v) is 20.8. The summed E-state index contributed by atoms with van der Waals surface area (Å²) < 4.78 is 40.2. The highest BCUT2D eigenvalue weighted by Crippen LogP contribution is 2.35. The summed E-state index contributed by atoms with van der Waals surface area (Å²) in [5.41, 5.74) is 1.95. The van der Waals surface area contributed by atoms with E-state index >= 15 is 0 Å². The van der Waals surface area contributed by atoms with Crippen molar-refractivity contribution in [1.29, 1.82) is 0 Å². The molecule has 0 radical (unpaired) electrons. The lowest BCUT2D eigenvalue weighted by atomic mass is 10.0. The van der Waals surface area contributed by atoms with E-state index in [0.29, 0.717) is 40.8 Å². The number of hydrogen-bond donors (Lipinski definition) is 2. The molecule has 0 saturated carbocycles. The number of alkyl halides is 3. The van der Waals surface area contributed by atoms with Gasteiger partial charge in [0.05, 0.1) is 17.3 Å². The first-order valence-corrected chi connectivity index (χ1v) is 11.8. The monoisotopic (exact) mass is 507 g/mol. The molecule has 0 unspecified atom stereocenters. The normalized spacial score (nSPS) is 12.4. The second kappa shape index (κ2) is 11.3. The molecular formula is C27H28F3N7. The van der Waals surface area contributed by atoms with E-state index in [4.69, 9.17) is 0 Å². The topological polar surface area (TPSA) is 78.9 Å². The van der Waals surface area contributed by atoms with Crippen LogP contribution in [0.15, 0.2) is 72.9 Å². The summed E-state index contributed by atoms with van der Waals surface area (Å²) in [5.74, 6) is 0.890. The van der Waals surface area contributed by atoms with E-state index in [2.05, 4.69) is 30.8 Å². The zero-order chi connectivity index (χ0) is 26.4. The van der Waals surface area contributed by atoms with Gasteiger partial charge in [0.25, 0.3) is 0 Å². The van der Waals surface area contributed by atoms with Crippen LogP contribution in [0.2, 0.25) is 0 Å². The van der Waals surface area contributed by atoms with Gasteiger partial charge >= 0.3 is 6.18 Å². The number of nitrogens with zero attached hydrogens (tertiary/aromatic N) is 5. The van der Waals surface area contributed by atoms with Crippen molar-refractivity contribution in [1.82, 2.24) is 25.1 Å². The number of nitrogens with one attached hydrogen (secondary N) is 2.